The molecule has 2 heterocycles. The Morgan fingerprint density at radius 1 is 0.690 bits per heavy atom. The van der Waals surface area contributed by atoms with E-state index in [0.717, 1.165) is 24.0 Å². The van der Waals surface area contributed by atoms with E-state index in [2.05, 4.69) is 0 Å². The monoisotopic (exact) mass is 612 g/mol. The van der Waals surface area contributed by atoms with E-state index in [1.54, 1.807) is 0 Å². The Morgan fingerprint density at radius 3 is 1.31 bits per heavy atom. The summed E-state index contributed by atoms with van der Waals surface area (Å²) in [7, 11) is -6.82. The number of hydrogen-bond acceptors (Lipinski definition) is 6. The molecule has 0 radical (unpaired) electrons. The number of ketones is 2. The maximum atomic E-state index is 13.9. The fourth-order valence-electron chi connectivity index (χ4n) is 10.1. The minimum absolute atomic E-state index is 0.00720. The van der Waals surface area contributed by atoms with Crippen molar-refractivity contribution in [1.29, 1.82) is 0 Å². The third-order valence-electron chi connectivity index (χ3n) is 12.5. The molecule has 4 aliphatic carbocycles. The van der Waals surface area contributed by atoms with Crippen LogP contribution >= 0.6 is 0 Å². The molecule has 6 fully saturated rings. The summed E-state index contributed by atoms with van der Waals surface area (Å²) in [5.41, 5.74) is 0.450. The van der Waals surface area contributed by atoms with Gasteiger partial charge in [-0.05, 0) is 71.6 Å². The van der Waals surface area contributed by atoms with Gasteiger partial charge in [0.2, 0.25) is 20.0 Å². The van der Waals surface area contributed by atoms with Crippen LogP contribution in [0.1, 0.15) is 78.4 Å². The predicted molar refractivity (Wildman–Crippen MR) is 160 cm³/mol. The molecule has 2 aliphatic heterocycles. The van der Waals surface area contributed by atoms with E-state index in [9.17, 15) is 26.4 Å². The van der Waals surface area contributed by atoms with E-state index in [0.29, 0.717) is 37.1 Å². The molecule has 0 spiro atoms. The third-order valence-corrected chi connectivity index (χ3v) is 16.7. The van der Waals surface area contributed by atoms with Crippen molar-refractivity contribution in [3.05, 3.63) is 46.5 Å². The first-order valence-electron chi connectivity index (χ1n) is 15.2. The number of fused-ring (bicyclic) bond motifs is 4. The van der Waals surface area contributed by atoms with Crippen LogP contribution in [0.2, 0.25) is 0 Å². The van der Waals surface area contributed by atoms with E-state index in [1.807, 2.05) is 78.0 Å². The number of carbonyl (C=O) groups excluding carboxylic acids is 2. The van der Waals surface area contributed by atoms with Crippen LogP contribution in [-0.2, 0) is 29.6 Å². The van der Waals surface area contributed by atoms with E-state index in [4.69, 9.17) is 0 Å². The molecule has 4 saturated carbocycles. The summed E-state index contributed by atoms with van der Waals surface area (Å²) in [4.78, 5) is 27.9. The van der Waals surface area contributed by atoms with Gasteiger partial charge in [0.1, 0.15) is 0 Å². The number of hydrogen-bond donors (Lipinski definition) is 0. The van der Waals surface area contributed by atoms with Crippen molar-refractivity contribution < 1.29 is 26.4 Å². The Hall–Kier alpha value is -2.14. The lowest BCUT2D eigenvalue weighted by Crippen LogP contribution is -2.43. The summed E-state index contributed by atoms with van der Waals surface area (Å²) in [6.07, 6.45) is 6.64. The lowest BCUT2D eigenvalue weighted by Gasteiger charge is -2.34. The van der Waals surface area contributed by atoms with Crippen LogP contribution in [0.5, 0.6) is 0 Å². The highest BCUT2D eigenvalue weighted by Gasteiger charge is 2.80. The highest BCUT2D eigenvalue weighted by Crippen LogP contribution is 2.73. The number of sulfonamides is 2. The van der Waals surface area contributed by atoms with Crippen LogP contribution in [0.4, 0.5) is 0 Å². The van der Waals surface area contributed by atoms with Gasteiger partial charge < -0.3 is 0 Å². The lowest BCUT2D eigenvalue weighted by atomic mass is 9.68. The van der Waals surface area contributed by atoms with E-state index < -0.39 is 52.5 Å². The molecule has 0 amide bonds. The van der Waals surface area contributed by atoms with Crippen molar-refractivity contribution in [2.24, 2.45) is 33.5 Å². The van der Waals surface area contributed by atoms with Gasteiger partial charge in [0, 0.05) is 24.2 Å². The standard InChI is InChI=1S/C32H40N2O6S2/c1-7-33-27(41(33,37)38)31-15-13-23(29(31,3)4)21(25(31)35)17-19-9-11-20(12-10-19)18-22-24-14-16-32(26(22)36,30(24,5)6)28-34(8-2)42(28,39)40/h9-12,17-18,23-24,27-28H,7-8,13-16H2,1-6H3/b21-17+,22-18+. The van der Waals surface area contributed by atoms with Gasteiger partial charge in [0.25, 0.3) is 0 Å². The Bertz CT molecular complexity index is 1590. The Balaban J connectivity index is 1.18. The molecule has 0 aromatic heterocycles. The fourth-order valence-corrected chi connectivity index (χ4v) is 15.0. The second kappa shape index (κ2) is 8.31. The molecule has 8 unspecified atom stereocenters. The second-order valence-electron chi connectivity index (χ2n) is 14.3. The number of carbonyl (C=O) groups is 2. The van der Waals surface area contributed by atoms with Crippen LogP contribution in [0.3, 0.4) is 0 Å². The molecule has 4 bridgehead atoms. The molecule has 6 aliphatic rings. The third kappa shape index (κ3) is 3.05. The molecule has 0 N–H and O–H groups in total. The average Bonchev–Trinajstić information content (AvgIpc) is 3.52. The summed E-state index contributed by atoms with van der Waals surface area (Å²) >= 11 is 0. The Kier molecular flexibility index (Phi) is 5.66. The summed E-state index contributed by atoms with van der Waals surface area (Å²) in [5, 5.41) is -1.46. The van der Waals surface area contributed by atoms with Crippen molar-refractivity contribution >= 4 is 43.8 Å². The van der Waals surface area contributed by atoms with E-state index in [-0.39, 0.29) is 23.4 Å². The lowest BCUT2D eigenvalue weighted by molar-refractivity contribution is -0.127. The van der Waals surface area contributed by atoms with Gasteiger partial charge in [-0.25, -0.2) is 16.8 Å². The first-order valence-corrected chi connectivity index (χ1v) is 18.2. The maximum absolute atomic E-state index is 13.9. The van der Waals surface area contributed by atoms with E-state index in [1.165, 1.54) is 8.61 Å². The second-order valence-corrected chi connectivity index (χ2v) is 18.2. The zero-order valence-electron chi connectivity index (χ0n) is 25.2. The number of Topliss-reactive ketones (excluding diaryl/α,β-unsaturated/α-hetero) is 2. The summed E-state index contributed by atoms with van der Waals surface area (Å²) in [6.45, 7) is 12.6. The van der Waals surface area contributed by atoms with Gasteiger partial charge >= 0.3 is 0 Å². The molecule has 2 saturated heterocycles. The average molecular weight is 613 g/mol. The van der Waals surface area contributed by atoms with Gasteiger partial charge in [0.05, 0.1) is 10.8 Å². The van der Waals surface area contributed by atoms with Gasteiger partial charge in [-0.3, -0.25) is 9.59 Å². The number of allylic oxidation sites excluding steroid dienone is 2. The topological polar surface area (TPSA) is 108 Å². The molecular weight excluding hydrogens is 572 g/mol. The molecule has 10 heteroatoms. The first-order chi connectivity index (χ1) is 19.6. The van der Waals surface area contributed by atoms with Crippen LogP contribution in [0.25, 0.3) is 12.2 Å². The van der Waals surface area contributed by atoms with Crippen molar-refractivity contribution in [3.8, 4) is 0 Å². The Labute approximate surface area is 249 Å². The normalized spacial score (nSPS) is 44.8. The maximum Gasteiger partial charge on any atom is 0.233 e. The molecule has 8 nitrogen and oxygen atoms in total. The number of benzene rings is 1. The minimum atomic E-state index is -3.41. The highest BCUT2D eigenvalue weighted by atomic mass is 32.2. The quantitative estimate of drug-likeness (QED) is 0.347. The van der Waals surface area contributed by atoms with Crippen LogP contribution < -0.4 is 0 Å². The Morgan fingerprint density at radius 2 is 1.02 bits per heavy atom. The SMILES string of the molecule is CCN1C(C23CCC(/C(=C\c4ccc(/C=C5/C(=O)C6(C7N(CC)S7(=O)=O)CCC5C6(C)C)cc4)C2=O)C3(C)C)S1(=O)=O. The smallest absolute Gasteiger partial charge is 0.233 e. The van der Waals surface area contributed by atoms with Crippen molar-refractivity contribution in [2.75, 3.05) is 13.1 Å². The van der Waals surface area contributed by atoms with Gasteiger partial charge in [-0.2, -0.15) is 8.61 Å². The predicted octanol–water partition coefficient (Wildman–Crippen LogP) is 4.45. The molecule has 7 rings (SSSR count). The summed E-state index contributed by atoms with van der Waals surface area (Å²) in [5.74, 6) is -0.0491. The van der Waals surface area contributed by atoms with Crippen LogP contribution in [0.15, 0.2) is 35.4 Å². The van der Waals surface area contributed by atoms with Crippen LogP contribution in [-0.4, -0.2) is 60.8 Å². The minimum Gasteiger partial charge on any atom is -0.294 e. The molecular formula is C32H40N2O6S2. The van der Waals surface area contributed by atoms with Crippen molar-refractivity contribution in [2.45, 2.75) is 78.0 Å². The fraction of sp³-hybridized carbons (Fsp3) is 0.625. The molecule has 226 valence electrons. The largest absolute Gasteiger partial charge is 0.294 e. The molecule has 8 atom stereocenters. The molecule has 42 heavy (non-hydrogen) atoms. The van der Waals surface area contributed by atoms with Gasteiger partial charge in [-0.1, -0.05) is 65.8 Å². The molecule has 1 aromatic carbocycles. The highest BCUT2D eigenvalue weighted by molar-refractivity contribution is 7.96. The van der Waals surface area contributed by atoms with E-state index >= 15 is 0 Å². The molecule has 1 aromatic rings. The number of nitrogens with zero attached hydrogens (tertiary/aromatic N) is 2. The van der Waals surface area contributed by atoms with Crippen molar-refractivity contribution in [1.82, 2.24) is 8.61 Å². The zero-order valence-corrected chi connectivity index (χ0v) is 26.8. The van der Waals surface area contributed by atoms with Crippen molar-refractivity contribution in [3.63, 3.8) is 0 Å². The van der Waals surface area contributed by atoms with Gasteiger partial charge in [-0.15, -0.1) is 0 Å². The van der Waals surface area contributed by atoms with Gasteiger partial charge in [0.15, 0.2) is 22.3 Å². The number of rotatable bonds is 6. The summed E-state index contributed by atoms with van der Waals surface area (Å²) in [6, 6.07) is 7.75. The summed E-state index contributed by atoms with van der Waals surface area (Å²) < 4.78 is 54.2. The van der Waals surface area contributed by atoms with Crippen LogP contribution in [0, 0.1) is 33.5 Å². The first kappa shape index (κ1) is 28.6. The zero-order chi connectivity index (χ0) is 30.4.